The molecule has 1 saturated heterocycles. The number of benzene rings is 1. The van der Waals surface area contributed by atoms with Gasteiger partial charge in [0.2, 0.25) is 5.89 Å². The van der Waals surface area contributed by atoms with Crippen LogP contribution < -0.4 is 0 Å². The molecule has 1 aromatic carbocycles. The number of hydrogen-bond acceptors (Lipinski definition) is 5. The lowest BCUT2D eigenvalue weighted by Crippen LogP contribution is -2.39. The van der Waals surface area contributed by atoms with Crippen LogP contribution in [0.3, 0.4) is 0 Å². The van der Waals surface area contributed by atoms with Crippen LogP contribution in [-0.2, 0) is 16.7 Å². The average Bonchev–Trinajstić information content (AvgIpc) is 3.00. The molecule has 124 valence electrons. The summed E-state index contributed by atoms with van der Waals surface area (Å²) >= 11 is 0. The molecule has 0 spiro atoms. The number of phenolic OH excluding ortho intramolecular Hbond substituents is 1. The highest BCUT2D eigenvalue weighted by Crippen LogP contribution is 2.30. The van der Waals surface area contributed by atoms with Gasteiger partial charge in [-0.15, -0.1) is 0 Å². The normalized spacial score (nSPS) is 19.9. The molecule has 1 fully saturated rings. The number of phenols is 1. The third-order valence-corrected chi connectivity index (χ3v) is 4.18. The van der Waals surface area contributed by atoms with E-state index in [1.54, 1.807) is 12.3 Å². The van der Waals surface area contributed by atoms with Crippen molar-refractivity contribution in [1.82, 2.24) is 9.88 Å². The maximum Gasteiger partial charge on any atom is 0.214 e. The van der Waals surface area contributed by atoms with Gasteiger partial charge in [-0.25, -0.2) is 4.98 Å². The second kappa shape index (κ2) is 6.34. The summed E-state index contributed by atoms with van der Waals surface area (Å²) in [5.41, 5.74) is 1.81. The quantitative estimate of drug-likeness (QED) is 0.942. The van der Waals surface area contributed by atoms with Gasteiger partial charge in [-0.1, -0.05) is 39.0 Å². The number of para-hydroxylation sites is 1. The maximum atomic E-state index is 10.0. The van der Waals surface area contributed by atoms with Crippen molar-refractivity contribution >= 4 is 0 Å². The van der Waals surface area contributed by atoms with Gasteiger partial charge in [0, 0.05) is 24.1 Å². The predicted octanol–water partition coefficient (Wildman–Crippen LogP) is 3.25. The Morgan fingerprint density at radius 1 is 1.30 bits per heavy atom. The molecule has 3 rings (SSSR count). The van der Waals surface area contributed by atoms with E-state index in [0.29, 0.717) is 31.4 Å². The van der Waals surface area contributed by atoms with Crippen LogP contribution in [0.15, 0.2) is 34.9 Å². The molecule has 0 aliphatic carbocycles. The van der Waals surface area contributed by atoms with E-state index >= 15 is 0 Å². The van der Waals surface area contributed by atoms with E-state index in [1.807, 2.05) is 18.2 Å². The van der Waals surface area contributed by atoms with Crippen LogP contribution >= 0.6 is 0 Å². The topological polar surface area (TPSA) is 58.7 Å². The monoisotopic (exact) mass is 316 g/mol. The molecule has 1 N–H and O–H groups in total. The Morgan fingerprint density at radius 3 is 2.78 bits per heavy atom. The van der Waals surface area contributed by atoms with Crippen LogP contribution in [-0.4, -0.2) is 34.7 Å². The standard InChI is InChI=1S/C18H24N2O3/c1-18(2,3)16-12-23-17(19-16)14-11-22-9-8-20(14)10-13-6-4-5-7-15(13)21/h4-7,12,14,21H,8-11H2,1-3H3/t14-/m0/s1. The van der Waals surface area contributed by atoms with Crippen LogP contribution in [0.25, 0.3) is 0 Å². The van der Waals surface area contributed by atoms with Gasteiger partial charge in [-0.3, -0.25) is 4.90 Å². The molecule has 2 aromatic rings. The first kappa shape index (κ1) is 16.0. The lowest BCUT2D eigenvalue weighted by Gasteiger charge is -2.33. The first-order valence-corrected chi connectivity index (χ1v) is 8.00. The lowest BCUT2D eigenvalue weighted by atomic mass is 9.93. The summed E-state index contributed by atoms with van der Waals surface area (Å²) in [5, 5.41) is 10.0. The molecular weight excluding hydrogens is 292 g/mol. The molecule has 0 saturated carbocycles. The Hall–Kier alpha value is -1.85. The molecule has 0 radical (unpaired) electrons. The summed E-state index contributed by atoms with van der Waals surface area (Å²) in [6, 6.07) is 7.40. The van der Waals surface area contributed by atoms with Crippen molar-refractivity contribution in [2.75, 3.05) is 19.8 Å². The van der Waals surface area contributed by atoms with Crippen LogP contribution in [0.2, 0.25) is 0 Å². The van der Waals surface area contributed by atoms with Crippen molar-refractivity contribution in [2.45, 2.75) is 38.8 Å². The van der Waals surface area contributed by atoms with Gasteiger partial charge in [0.15, 0.2) is 0 Å². The Labute approximate surface area is 136 Å². The van der Waals surface area contributed by atoms with Gasteiger partial charge >= 0.3 is 0 Å². The van der Waals surface area contributed by atoms with Crippen molar-refractivity contribution in [3.05, 3.63) is 47.7 Å². The molecule has 0 unspecified atom stereocenters. The molecule has 0 bridgehead atoms. The summed E-state index contributed by atoms with van der Waals surface area (Å²) in [4.78, 5) is 6.92. The van der Waals surface area contributed by atoms with Crippen LogP contribution in [0.5, 0.6) is 5.75 Å². The molecule has 23 heavy (non-hydrogen) atoms. The van der Waals surface area contributed by atoms with Gasteiger partial charge in [0.25, 0.3) is 0 Å². The largest absolute Gasteiger partial charge is 0.508 e. The molecule has 1 aliphatic rings. The zero-order valence-electron chi connectivity index (χ0n) is 14.0. The Kier molecular flexibility index (Phi) is 4.41. The molecular formula is C18H24N2O3. The molecule has 0 amide bonds. The Morgan fingerprint density at radius 2 is 2.09 bits per heavy atom. The number of hydrogen-bond donors (Lipinski definition) is 1. The molecule has 2 heterocycles. The number of ether oxygens (including phenoxy) is 1. The zero-order chi connectivity index (χ0) is 16.4. The summed E-state index contributed by atoms with van der Waals surface area (Å²) < 4.78 is 11.4. The minimum atomic E-state index is -0.0419. The van der Waals surface area contributed by atoms with Gasteiger partial charge in [0.1, 0.15) is 18.1 Å². The minimum Gasteiger partial charge on any atom is -0.508 e. The third kappa shape index (κ3) is 3.57. The highest BCUT2D eigenvalue weighted by Gasteiger charge is 2.30. The smallest absolute Gasteiger partial charge is 0.214 e. The van der Waals surface area contributed by atoms with E-state index in [2.05, 4.69) is 30.7 Å². The first-order valence-electron chi connectivity index (χ1n) is 8.00. The first-order chi connectivity index (χ1) is 10.9. The fraction of sp³-hybridized carbons (Fsp3) is 0.500. The fourth-order valence-electron chi connectivity index (χ4n) is 2.70. The van der Waals surface area contributed by atoms with E-state index in [1.165, 1.54) is 0 Å². The van der Waals surface area contributed by atoms with Gasteiger partial charge in [0.05, 0.1) is 18.9 Å². The van der Waals surface area contributed by atoms with E-state index in [0.717, 1.165) is 17.8 Å². The van der Waals surface area contributed by atoms with Gasteiger partial charge in [-0.2, -0.15) is 0 Å². The molecule has 1 atom stereocenters. The zero-order valence-corrected chi connectivity index (χ0v) is 14.0. The lowest BCUT2D eigenvalue weighted by molar-refractivity contribution is -0.0225. The maximum absolute atomic E-state index is 10.0. The van der Waals surface area contributed by atoms with E-state index in [-0.39, 0.29) is 11.5 Å². The van der Waals surface area contributed by atoms with Crippen LogP contribution in [0.1, 0.15) is 44.0 Å². The van der Waals surface area contributed by atoms with Crippen LogP contribution in [0, 0.1) is 0 Å². The average molecular weight is 316 g/mol. The Bertz CT molecular complexity index is 660. The highest BCUT2D eigenvalue weighted by atomic mass is 16.5. The number of aromatic hydroxyl groups is 1. The molecule has 1 aromatic heterocycles. The fourth-order valence-corrected chi connectivity index (χ4v) is 2.70. The number of rotatable bonds is 3. The minimum absolute atomic E-state index is 0.0283. The molecule has 5 nitrogen and oxygen atoms in total. The Balaban J connectivity index is 1.82. The van der Waals surface area contributed by atoms with Gasteiger partial charge < -0.3 is 14.3 Å². The molecule has 1 aliphatic heterocycles. The van der Waals surface area contributed by atoms with Crippen molar-refractivity contribution in [2.24, 2.45) is 0 Å². The van der Waals surface area contributed by atoms with E-state index in [9.17, 15) is 5.11 Å². The summed E-state index contributed by atoms with van der Waals surface area (Å²) in [7, 11) is 0. The SMILES string of the molecule is CC(C)(C)c1coc([C@@H]2COCCN2Cc2ccccc2O)n1. The van der Waals surface area contributed by atoms with Crippen molar-refractivity contribution < 1.29 is 14.3 Å². The summed E-state index contributed by atoms with van der Waals surface area (Å²) in [6.07, 6.45) is 1.74. The summed E-state index contributed by atoms with van der Waals surface area (Å²) in [6.45, 7) is 9.01. The highest BCUT2D eigenvalue weighted by molar-refractivity contribution is 5.31. The van der Waals surface area contributed by atoms with Crippen LogP contribution in [0.4, 0.5) is 0 Å². The van der Waals surface area contributed by atoms with Gasteiger partial charge in [-0.05, 0) is 6.07 Å². The van der Waals surface area contributed by atoms with Crippen molar-refractivity contribution in [3.63, 3.8) is 0 Å². The molecule has 5 heteroatoms. The number of oxazole rings is 1. The van der Waals surface area contributed by atoms with E-state index < -0.39 is 0 Å². The second-order valence-corrected chi connectivity index (χ2v) is 7.01. The second-order valence-electron chi connectivity index (χ2n) is 7.01. The summed E-state index contributed by atoms with van der Waals surface area (Å²) in [5.74, 6) is 1.01. The number of aromatic nitrogens is 1. The predicted molar refractivity (Wildman–Crippen MR) is 87.3 cm³/mol. The number of morpholine rings is 1. The van der Waals surface area contributed by atoms with Crippen molar-refractivity contribution in [1.29, 1.82) is 0 Å². The van der Waals surface area contributed by atoms with Crippen molar-refractivity contribution in [3.8, 4) is 5.75 Å². The number of nitrogens with zero attached hydrogens (tertiary/aromatic N) is 2. The van der Waals surface area contributed by atoms with E-state index in [4.69, 9.17) is 9.15 Å². The third-order valence-electron chi connectivity index (χ3n) is 4.18.